The summed E-state index contributed by atoms with van der Waals surface area (Å²) >= 11 is 0. The predicted molar refractivity (Wildman–Crippen MR) is 72.3 cm³/mol. The molecule has 0 saturated carbocycles. The first-order valence-electron chi connectivity index (χ1n) is 6.41. The number of pyridine rings is 1. The summed E-state index contributed by atoms with van der Waals surface area (Å²) in [4.78, 5) is 4.29. The van der Waals surface area contributed by atoms with Crippen LogP contribution in [0.25, 0.3) is 0 Å². The number of anilines is 1. The van der Waals surface area contributed by atoms with Gasteiger partial charge in [-0.1, -0.05) is 26.7 Å². The number of nitrogens with zero attached hydrogens (tertiary/aromatic N) is 2. The highest BCUT2D eigenvalue weighted by atomic mass is 16.3. The van der Waals surface area contributed by atoms with Crippen molar-refractivity contribution in [2.75, 3.05) is 11.9 Å². The molecule has 0 fully saturated rings. The van der Waals surface area contributed by atoms with Crippen LogP contribution in [-0.4, -0.2) is 22.7 Å². The van der Waals surface area contributed by atoms with Crippen LogP contribution in [0.15, 0.2) is 12.1 Å². The summed E-state index contributed by atoms with van der Waals surface area (Å²) in [5, 5.41) is 22.0. The van der Waals surface area contributed by atoms with Crippen LogP contribution in [0.1, 0.15) is 37.9 Å². The highest BCUT2D eigenvalue weighted by Crippen LogP contribution is 2.14. The molecule has 4 heteroatoms. The Morgan fingerprint density at radius 2 is 2.06 bits per heavy atom. The molecule has 1 heterocycles. The zero-order valence-electron chi connectivity index (χ0n) is 11.3. The largest absolute Gasteiger partial charge is 0.391 e. The van der Waals surface area contributed by atoms with Crippen LogP contribution < -0.4 is 5.32 Å². The first kappa shape index (κ1) is 14.5. The van der Waals surface area contributed by atoms with Gasteiger partial charge < -0.3 is 10.4 Å². The summed E-state index contributed by atoms with van der Waals surface area (Å²) in [5.41, 5.74) is 1.38. The minimum absolute atomic E-state index is 0.303. The number of aromatic nitrogens is 1. The number of aryl methyl sites for hydroxylation is 1. The lowest BCUT2D eigenvalue weighted by Gasteiger charge is -2.20. The molecule has 0 saturated heterocycles. The van der Waals surface area contributed by atoms with Crippen molar-refractivity contribution in [3.63, 3.8) is 0 Å². The van der Waals surface area contributed by atoms with E-state index in [0.29, 0.717) is 23.8 Å². The van der Waals surface area contributed by atoms with Gasteiger partial charge in [0.1, 0.15) is 5.82 Å². The Bertz CT molecular complexity index is 422. The van der Waals surface area contributed by atoms with Gasteiger partial charge in [-0.25, -0.2) is 4.98 Å². The maximum absolute atomic E-state index is 10.0. The molecule has 1 aromatic heterocycles. The number of nitriles is 1. The van der Waals surface area contributed by atoms with Gasteiger partial charge in [-0.3, -0.25) is 0 Å². The number of nitrogens with one attached hydrogen (secondary N) is 1. The first-order valence-corrected chi connectivity index (χ1v) is 6.41. The average Bonchev–Trinajstić information content (AvgIpc) is 2.37. The van der Waals surface area contributed by atoms with E-state index in [9.17, 15) is 5.11 Å². The van der Waals surface area contributed by atoms with E-state index in [1.165, 1.54) is 0 Å². The van der Waals surface area contributed by atoms with Gasteiger partial charge in [0.2, 0.25) is 0 Å². The third-order valence-electron chi connectivity index (χ3n) is 3.17. The lowest BCUT2D eigenvalue weighted by molar-refractivity contribution is 0.114. The third kappa shape index (κ3) is 4.01. The Labute approximate surface area is 109 Å². The molecule has 0 amide bonds. The molecule has 2 N–H and O–H groups in total. The molecule has 0 aliphatic carbocycles. The molecule has 0 bridgehead atoms. The molecule has 0 aromatic carbocycles. The van der Waals surface area contributed by atoms with Crippen LogP contribution >= 0.6 is 0 Å². The molecule has 0 aliphatic rings. The molecule has 1 rings (SSSR count). The molecule has 98 valence electrons. The second kappa shape index (κ2) is 6.97. The summed E-state index contributed by atoms with van der Waals surface area (Å²) in [6.07, 6.45) is 1.54. The standard InChI is InChI=1S/C14H21N3O/c1-4-12(5-2)13(18)9-16-14-7-11(8-15)6-10(3)17-14/h6-7,12-13,18H,4-5,9H2,1-3H3,(H,16,17). The van der Waals surface area contributed by atoms with E-state index >= 15 is 0 Å². The van der Waals surface area contributed by atoms with Crippen LogP contribution in [0.2, 0.25) is 0 Å². The van der Waals surface area contributed by atoms with E-state index in [-0.39, 0.29) is 6.10 Å². The second-order valence-corrected chi connectivity index (χ2v) is 4.52. The maximum Gasteiger partial charge on any atom is 0.127 e. The Morgan fingerprint density at radius 1 is 1.39 bits per heavy atom. The molecule has 1 atom stereocenters. The topological polar surface area (TPSA) is 68.9 Å². The fourth-order valence-corrected chi connectivity index (χ4v) is 2.03. The number of aliphatic hydroxyl groups excluding tert-OH is 1. The van der Waals surface area contributed by atoms with E-state index in [1.807, 2.05) is 6.92 Å². The molecule has 0 aliphatic heterocycles. The smallest absolute Gasteiger partial charge is 0.127 e. The number of rotatable bonds is 6. The van der Waals surface area contributed by atoms with E-state index in [2.05, 4.69) is 30.2 Å². The van der Waals surface area contributed by atoms with Crippen LogP contribution in [0, 0.1) is 24.2 Å². The normalized spacial score (nSPS) is 12.2. The van der Waals surface area contributed by atoms with Gasteiger partial charge in [-0.15, -0.1) is 0 Å². The van der Waals surface area contributed by atoms with Gasteiger partial charge in [0.05, 0.1) is 17.7 Å². The maximum atomic E-state index is 10.0. The summed E-state index contributed by atoms with van der Waals surface area (Å²) in [6, 6.07) is 5.54. The molecular weight excluding hydrogens is 226 g/mol. The van der Waals surface area contributed by atoms with Crippen molar-refractivity contribution in [1.82, 2.24) is 4.98 Å². The summed E-state index contributed by atoms with van der Waals surface area (Å²) in [5.74, 6) is 0.953. The first-order chi connectivity index (χ1) is 8.60. The third-order valence-corrected chi connectivity index (χ3v) is 3.17. The van der Waals surface area contributed by atoms with Gasteiger partial charge in [0, 0.05) is 12.2 Å². The number of hydrogen-bond donors (Lipinski definition) is 2. The number of aliphatic hydroxyl groups is 1. The Hall–Kier alpha value is -1.60. The van der Waals surface area contributed by atoms with Gasteiger partial charge in [-0.2, -0.15) is 5.26 Å². The molecule has 1 aromatic rings. The molecule has 0 spiro atoms. The molecular formula is C14H21N3O. The minimum Gasteiger partial charge on any atom is -0.391 e. The summed E-state index contributed by atoms with van der Waals surface area (Å²) in [6.45, 7) is 6.48. The van der Waals surface area contributed by atoms with E-state index in [1.54, 1.807) is 12.1 Å². The van der Waals surface area contributed by atoms with Gasteiger partial charge in [-0.05, 0) is 25.0 Å². The van der Waals surface area contributed by atoms with Crippen molar-refractivity contribution >= 4 is 5.82 Å². The zero-order valence-corrected chi connectivity index (χ0v) is 11.3. The van der Waals surface area contributed by atoms with Crippen molar-refractivity contribution in [1.29, 1.82) is 5.26 Å². The predicted octanol–water partition coefficient (Wildman–Crippen LogP) is 2.47. The molecule has 1 unspecified atom stereocenters. The molecule has 4 nitrogen and oxygen atoms in total. The van der Waals surface area contributed by atoms with Crippen molar-refractivity contribution in [2.45, 2.75) is 39.7 Å². The highest BCUT2D eigenvalue weighted by Gasteiger charge is 2.15. The van der Waals surface area contributed by atoms with E-state index in [0.717, 1.165) is 18.5 Å². The summed E-state index contributed by atoms with van der Waals surface area (Å²) < 4.78 is 0. The van der Waals surface area contributed by atoms with E-state index in [4.69, 9.17) is 5.26 Å². The van der Waals surface area contributed by atoms with Crippen molar-refractivity contribution in [3.05, 3.63) is 23.4 Å². The monoisotopic (exact) mass is 247 g/mol. The Kier molecular flexibility index (Phi) is 5.60. The number of hydrogen-bond acceptors (Lipinski definition) is 4. The van der Waals surface area contributed by atoms with Gasteiger partial charge >= 0.3 is 0 Å². The van der Waals surface area contributed by atoms with Crippen molar-refractivity contribution in [2.24, 2.45) is 5.92 Å². The SMILES string of the molecule is CCC(CC)C(O)CNc1cc(C#N)cc(C)n1. The second-order valence-electron chi connectivity index (χ2n) is 4.52. The van der Waals surface area contributed by atoms with Crippen LogP contribution in [0.4, 0.5) is 5.82 Å². The van der Waals surface area contributed by atoms with Crippen LogP contribution in [-0.2, 0) is 0 Å². The Morgan fingerprint density at radius 3 is 2.61 bits per heavy atom. The van der Waals surface area contributed by atoms with Crippen molar-refractivity contribution in [3.8, 4) is 6.07 Å². The summed E-state index contributed by atoms with van der Waals surface area (Å²) in [7, 11) is 0. The molecule has 18 heavy (non-hydrogen) atoms. The van der Waals surface area contributed by atoms with Gasteiger partial charge in [0.25, 0.3) is 0 Å². The lowest BCUT2D eigenvalue weighted by atomic mass is 9.96. The van der Waals surface area contributed by atoms with E-state index < -0.39 is 0 Å². The van der Waals surface area contributed by atoms with Gasteiger partial charge in [0.15, 0.2) is 0 Å². The zero-order chi connectivity index (χ0) is 13.5. The highest BCUT2D eigenvalue weighted by molar-refractivity contribution is 5.44. The van der Waals surface area contributed by atoms with Crippen molar-refractivity contribution < 1.29 is 5.11 Å². The van der Waals surface area contributed by atoms with Crippen LogP contribution in [0.5, 0.6) is 0 Å². The lowest BCUT2D eigenvalue weighted by Crippen LogP contribution is -2.28. The minimum atomic E-state index is -0.382. The average molecular weight is 247 g/mol. The van der Waals surface area contributed by atoms with Crippen LogP contribution in [0.3, 0.4) is 0 Å². The quantitative estimate of drug-likeness (QED) is 0.810. The Balaban J connectivity index is 2.63. The fourth-order valence-electron chi connectivity index (χ4n) is 2.03. The molecule has 0 radical (unpaired) electrons. The fraction of sp³-hybridized carbons (Fsp3) is 0.571.